The number of nitrogens with one attached hydrogen (secondary N) is 3. The van der Waals surface area contributed by atoms with Gasteiger partial charge in [0.15, 0.2) is 0 Å². The van der Waals surface area contributed by atoms with Gasteiger partial charge in [-0.25, -0.2) is 13.2 Å². The van der Waals surface area contributed by atoms with Crippen LogP contribution in [0, 0.1) is 6.92 Å². The van der Waals surface area contributed by atoms with Crippen molar-refractivity contribution in [2.24, 2.45) is 0 Å². The zero-order valence-electron chi connectivity index (χ0n) is 16.9. The topological polar surface area (TPSA) is 87.3 Å². The Morgan fingerprint density at radius 2 is 1.64 bits per heavy atom. The van der Waals surface area contributed by atoms with Crippen LogP contribution in [-0.4, -0.2) is 20.2 Å². The third kappa shape index (κ3) is 5.48. The Morgan fingerprint density at radius 3 is 2.25 bits per heavy atom. The molecule has 28 heavy (non-hydrogen) atoms. The summed E-state index contributed by atoms with van der Waals surface area (Å²) in [6.45, 7) is 7.58. The molecule has 2 amide bonds. The van der Waals surface area contributed by atoms with Crippen molar-refractivity contribution in [1.29, 1.82) is 0 Å². The van der Waals surface area contributed by atoms with E-state index in [1.165, 1.54) is 0 Å². The van der Waals surface area contributed by atoms with E-state index < -0.39 is 15.6 Å². The number of carbonyl (C=O) groups is 1. The second kappa shape index (κ2) is 9.10. The summed E-state index contributed by atoms with van der Waals surface area (Å²) in [5.74, 6) is 0.0521. The van der Waals surface area contributed by atoms with Crippen LogP contribution in [0.5, 0.6) is 0 Å². The Bertz CT molecular complexity index is 914. The summed E-state index contributed by atoms with van der Waals surface area (Å²) in [5.41, 5.74) is 2.19. The number of sulfonamides is 1. The van der Waals surface area contributed by atoms with E-state index in [0.29, 0.717) is 23.4 Å². The largest absolute Gasteiger partial charge is 0.329 e. The van der Waals surface area contributed by atoms with Crippen LogP contribution in [0.25, 0.3) is 0 Å². The molecule has 0 aromatic heterocycles. The van der Waals surface area contributed by atoms with Crippen LogP contribution in [-0.2, 0) is 15.6 Å². The zero-order chi connectivity index (χ0) is 20.8. The van der Waals surface area contributed by atoms with E-state index >= 15 is 0 Å². The van der Waals surface area contributed by atoms with E-state index in [2.05, 4.69) is 15.4 Å². The van der Waals surface area contributed by atoms with E-state index in [4.69, 9.17) is 0 Å². The molecule has 6 nitrogen and oxygen atoms in total. The molecule has 0 aliphatic heterocycles. The van der Waals surface area contributed by atoms with Gasteiger partial charge < -0.3 is 10.6 Å². The SMILES string of the molecule is CCCS(=O)(=O)Nc1cccc(NC(=O)NC(C)(CC)c2ccccc2)c1C. The predicted octanol–water partition coefficient (Wildman–Crippen LogP) is 4.59. The minimum atomic E-state index is -3.40. The molecule has 7 heteroatoms. The molecule has 1 atom stereocenters. The first-order valence-electron chi connectivity index (χ1n) is 9.45. The second-order valence-electron chi connectivity index (χ2n) is 7.03. The molecule has 2 aromatic carbocycles. The minimum absolute atomic E-state index is 0.0521. The number of hydrogen-bond donors (Lipinski definition) is 3. The standard InChI is InChI=1S/C21H29N3O3S/c1-5-15-28(26,27)24-19-14-10-13-18(16(19)3)22-20(25)23-21(4,6-2)17-11-8-7-9-12-17/h7-14,24H,5-6,15H2,1-4H3,(H2,22,23,25). The average Bonchev–Trinajstić information content (AvgIpc) is 2.65. The number of urea groups is 1. The maximum Gasteiger partial charge on any atom is 0.319 e. The number of amides is 2. The lowest BCUT2D eigenvalue weighted by atomic mass is 9.89. The lowest BCUT2D eigenvalue weighted by Crippen LogP contribution is -2.45. The van der Waals surface area contributed by atoms with Crippen LogP contribution < -0.4 is 15.4 Å². The van der Waals surface area contributed by atoms with Crippen molar-refractivity contribution in [2.45, 2.75) is 46.1 Å². The Labute approximate surface area is 167 Å². The first-order chi connectivity index (χ1) is 13.2. The first kappa shape index (κ1) is 21.8. The van der Waals surface area contributed by atoms with Crippen molar-refractivity contribution in [1.82, 2.24) is 5.32 Å². The van der Waals surface area contributed by atoms with Crippen LogP contribution in [0.1, 0.15) is 44.7 Å². The molecular weight excluding hydrogens is 374 g/mol. The molecule has 0 saturated heterocycles. The summed E-state index contributed by atoms with van der Waals surface area (Å²) in [4.78, 5) is 12.7. The van der Waals surface area contributed by atoms with E-state index in [9.17, 15) is 13.2 Å². The summed E-state index contributed by atoms with van der Waals surface area (Å²) in [5, 5.41) is 5.88. The van der Waals surface area contributed by atoms with Gasteiger partial charge in [-0.05, 0) is 49.9 Å². The third-order valence-electron chi connectivity index (χ3n) is 4.83. The molecule has 0 aliphatic carbocycles. The van der Waals surface area contributed by atoms with Crippen LogP contribution in [0.3, 0.4) is 0 Å². The molecule has 0 radical (unpaired) electrons. The average molecular weight is 404 g/mol. The predicted molar refractivity (Wildman–Crippen MR) is 115 cm³/mol. The quantitative estimate of drug-likeness (QED) is 0.602. The molecule has 3 N–H and O–H groups in total. The van der Waals surface area contributed by atoms with Crippen LogP contribution in [0.2, 0.25) is 0 Å². The van der Waals surface area contributed by atoms with Crippen LogP contribution >= 0.6 is 0 Å². The number of carbonyl (C=O) groups excluding carboxylic acids is 1. The van der Waals surface area contributed by atoms with Crippen LogP contribution in [0.4, 0.5) is 16.2 Å². The van der Waals surface area contributed by atoms with E-state index in [-0.39, 0.29) is 11.8 Å². The Morgan fingerprint density at radius 1 is 1.00 bits per heavy atom. The Hall–Kier alpha value is -2.54. The number of anilines is 2. The van der Waals surface area contributed by atoms with Gasteiger partial charge in [0.1, 0.15) is 0 Å². The number of rotatable bonds is 8. The summed E-state index contributed by atoms with van der Waals surface area (Å²) in [6.07, 6.45) is 1.25. The molecule has 0 saturated carbocycles. The fourth-order valence-electron chi connectivity index (χ4n) is 2.94. The fourth-order valence-corrected chi connectivity index (χ4v) is 4.14. The van der Waals surface area contributed by atoms with Gasteiger partial charge in [-0.2, -0.15) is 0 Å². The summed E-state index contributed by atoms with van der Waals surface area (Å²) < 4.78 is 26.7. The molecule has 2 rings (SSSR count). The zero-order valence-corrected chi connectivity index (χ0v) is 17.7. The van der Waals surface area contributed by atoms with Gasteiger partial charge in [-0.1, -0.05) is 50.2 Å². The van der Waals surface area contributed by atoms with Gasteiger partial charge in [-0.15, -0.1) is 0 Å². The van der Waals surface area contributed by atoms with Crippen molar-refractivity contribution < 1.29 is 13.2 Å². The number of hydrogen-bond acceptors (Lipinski definition) is 3. The normalized spacial score (nSPS) is 13.4. The summed E-state index contributed by atoms with van der Waals surface area (Å²) in [7, 11) is -3.40. The molecule has 0 fully saturated rings. The monoisotopic (exact) mass is 403 g/mol. The molecule has 2 aromatic rings. The van der Waals surface area contributed by atoms with Gasteiger partial charge in [0.2, 0.25) is 10.0 Å². The Kier molecular flexibility index (Phi) is 7.07. The first-order valence-corrected chi connectivity index (χ1v) is 11.1. The van der Waals surface area contributed by atoms with Crippen molar-refractivity contribution in [2.75, 3.05) is 15.8 Å². The Balaban J connectivity index is 2.17. The molecule has 0 bridgehead atoms. The summed E-state index contributed by atoms with van der Waals surface area (Å²) >= 11 is 0. The van der Waals surface area contributed by atoms with Gasteiger partial charge in [0, 0.05) is 5.69 Å². The number of benzene rings is 2. The molecule has 0 spiro atoms. The maximum absolute atomic E-state index is 12.7. The molecule has 152 valence electrons. The highest BCUT2D eigenvalue weighted by Gasteiger charge is 2.26. The van der Waals surface area contributed by atoms with E-state index in [1.54, 1.807) is 25.1 Å². The smallest absolute Gasteiger partial charge is 0.319 e. The van der Waals surface area contributed by atoms with Gasteiger partial charge in [0.25, 0.3) is 0 Å². The molecule has 0 aliphatic rings. The minimum Gasteiger partial charge on any atom is -0.329 e. The van der Waals surface area contributed by atoms with Gasteiger partial charge in [0.05, 0.1) is 17.0 Å². The highest BCUT2D eigenvalue weighted by atomic mass is 32.2. The van der Waals surface area contributed by atoms with Crippen molar-refractivity contribution in [3.05, 3.63) is 59.7 Å². The van der Waals surface area contributed by atoms with E-state index in [0.717, 1.165) is 12.0 Å². The molecule has 1 unspecified atom stereocenters. The van der Waals surface area contributed by atoms with Crippen molar-refractivity contribution in [3.8, 4) is 0 Å². The molecular formula is C21H29N3O3S. The van der Waals surface area contributed by atoms with Gasteiger partial charge >= 0.3 is 6.03 Å². The third-order valence-corrected chi connectivity index (χ3v) is 6.30. The molecule has 0 heterocycles. The van der Waals surface area contributed by atoms with E-state index in [1.807, 2.05) is 51.1 Å². The van der Waals surface area contributed by atoms with Crippen molar-refractivity contribution in [3.63, 3.8) is 0 Å². The second-order valence-corrected chi connectivity index (χ2v) is 8.87. The summed E-state index contributed by atoms with van der Waals surface area (Å²) in [6, 6.07) is 14.6. The highest BCUT2D eigenvalue weighted by molar-refractivity contribution is 7.92. The van der Waals surface area contributed by atoms with Crippen molar-refractivity contribution >= 4 is 27.4 Å². The fraction of sp³-hybridized carbons (Fsp3) is 0.381. The lowest BCUT2D eigenvalue weighted by molar-refractivity contribution is 0.238. The highest BCUT2D eigenvalue weighted by Crippen LogP contribution is 2.26. The van der Waals surface area contributed by atoms with Gasteiger partial charge in [-0.3, -0.25) is 4.72 Å². The maximum atomic E-state index is 12.7. The van der Waals surface area contributed by atoms with Crippen LogP contribution in [0.15, 0.2) is 48.5 Å². The lowest BCUT2D eigenvalue weighted by Gasteiger charge is -2.30.